The SMILES string of the molecule is Cc1ccc(C)c(OCCNC(=O)NCCCN(C)C)c1C. The highest BCUT2D eigenvalue weighted by Crippen LogP contribution is 2.25. The van der Waals surface area contributed by atoms with Gasteiger partial charge < -0.3 is 20.3 Å². The molecule has 0 heterocycles. The van der Waals surface area contributed by atoms with Crippen LogP contribution in [0.15, 0.2) is 12.1 Å². The van der Waals surface area contributed by atoms with Crippen LogP contribution in [0.25, 0.3) is 0 Å². The number of ether oxygens (including phenoxy) is 1. The normalized spacial score (nSPS) is 10.6. The molecule has 0 fully saturated rings. The second kappa shape index (κ2) is 9.30. The monoisotopic (exact) mass is 307 g/mol. The summed E-state index contributed by atoms with van der Waals surface area (Å²) >= 11 is 0. The maximum absolute atomic E-state index is 11.6. The summed E-state index contributed by atoms with van der Waals surface area (Å²) in [6.45, 7) is 8.77. The lowest BCUT2D eigenvalue weighted by Gasteiger charge is -2.14. The molecule has 0 unspecified atom stereocenters. The molecule has 0 aliphatic heterocycles. The fourth-order valence-corrected chi connectivity index (χ4v) is 2.12. The van der Waals surface area contributed by atoms with Gasteiger partial charge in [-0.3, -0.25) is 0 Å². The lowest BCUT2D eigenvalue weighted by Crippen LogP contribution is -2.38. The number of benzene rings is 1. The predicted octanol–water partition coefficient (Wildman–Crippen LogP) is 2.24. The van der Waals surface area contributed by atoms with Crippen molar-refractivity contribution in [1.29, 1.82) is 0 Å². The van der Waals surface area contributed by atoms with Crippen molar-refractivity contribution in [1.82, 2.24) is 15.5 Å². The number of hydrogen-bond donors (Lipinski definition) is 2. The molecule has 1 rings (SSSR count). The number of carbonyl (C=O) groups excluding carboxylic acids is 1. The highest BCUT2D eigenvalue weighted by molar-refractivity contribution is 5.73. The minimum absolute atomic E-state index is 0.139. The average molecular weight is 307 g/mol. The lowest BCUT2D eigenvalue weighted by atomic mass is 10.1. The first-order valence-corrected chi connectivity index (χ1v) is 7.78. The zero-order chi connectivity index (χ0) is 16.5. The topological polar surface area (TPSA) is 53.6 Å². The molecule has 0 radical (unpaired) electrons. The Balaban J connectivity index is 2.23. The van der Waals surface area contributed by atoms with Crippen LogP contribution in [0.5, 0.6) is 5.75 Å². The molecule has 5 nitrogen and oxygen atoms in total. The van der Waals surface area contributed by atoms with E-state index in [1.807, 2.05) is 21.0 Å². The summed E-state index contributed by atoms with van der Waals surface area (Å²) in [6, 6.07) is 4.01. The van der Waals surface area contributed by atoms with Gasteiger partial charge in [-0.2, -0.15) is 0 Å². The minimum Gasteiger partial charge on any atom is -0.491 e. The van der Waals surface area contributed by atoms with Crippen molar-refractivity contribution in [2.75, 3.05) is 40.3 Å². The van der Waals surface area contributed by atoms with Crippen LogP contribution in [0.3, 0.4) is 0 Å². The summed E-state index contributed by atoms with van der Waals surface area (Å²) in [4.78, 5) is 13.7. The number of rotatable bonds is 8. The van der Waals surface area contributed by atoms with Gasteiger partial charge in [0, 0.05) is 6.54 Å². The first kappa shape index (κ1) is 18.3. The second-order valence-corrected chi connectivity index (χ2v) is 5.84. The summed E-state index contributed by atoms with van der Waals surface area (Å²) in [7, 11) is 4.04. The average Bonchev–Trinajstić information content (AvgIpc) is 2.46. The zero-order valence-electron chi connectivity index (χ0n) is 14.5. The van der Waals surface area contributed by atoms with Crippen LogP contribution in [0, 0.1) is 20.8 Å². The van der Waals surface area contributed by atoms with Crippen LogP contribution < -0.4 is 15.4 Å². The minimum atomic E-state index is -0.139. The molecule has 2 amide bonds. The Morgan fingerprint density at radius 3 is 2.41 bits per heavy atom. The van der Waals surface area contributed by atoms with Crippen LogP contribution in [-0.4, -0.2) is 51.3 Å². The molecular formula is C17H29N3O2. The van der Waals surface area contributed by atoms with Crippen LogP contribution in [-0.2, 0) is 0 Å². The lowest BCUT2D eigenvalue weighted by molar-refractivity contribution is 0.235. The summed E-state index contributed by atoms with van der Waals surface area (Å²) in [5.41, 5.74) is 3.50. The molecule has 0 aromatic heterocycles. The fraction of sp³-hybridized carbons (Fsp3) is 0.588. The molecule has 1 aromatic rings. The third-order valence-electron chi connectivity index (χ3n) is 3.58. The van der Waals surface area contributed by atoms with Gasteiger partial charge in [-0.1, -0.05) is 12.1 Å². The Labute approximate surface area is 134 Å². The van der Waals surface area contributed by atoms with Gasteiger partial charge in [-0.15, -0.1) is 0 Å². The number of urea groups is 1. The van der Waals surface area contributed by atoms with Crippen molar-refractivity contribution in [3.63, 3.8) is 0 Å². The van der Waals surface area contributed by atoms with E-state index in [-0.39, 0.29) is 6.03 Å². The number of nitrogens with one attached hydrogen (secondary N) is 2. The second-order valence-electron chi connectivity index (χ2n) is 5.84. The van der Waals surface area contributed by atoms with Crippen LogP contribution in [0.2, 0.25) is 0 Å². The molecule has 0 saturated heterocycles. The first-order chi connectivity index (χ1) is 10.4. The summed E-state index contributed by atoms with van der Waals surface area (Å²) in [6.07, 6.45) is 0.943. The fourth-order valence-electron chi connectivity index (χ4n) is 2.12. The third-order valence-corrected chi connectivity index (χ3v) is 3.58. The van der Waals surface area contributed by atoms with Gasteiger partial charge >= 0.3 is 6.03 Å². The summed E-state index contributed by atoms with van der Waals surface area (Å²) in [5.74, 6) is 0.924. The molecule has 0 aliphatic rings. The van der Waals surface area contributed by atoms with Crippen LogP contribution >= 0.6 is 0 Å². The van der Waals surface area contributed by atoms with E-state index >= 15 is 0 Å². The largest absolute Gasteiger partial charge is 0.491 e. The van der Waals surface area contributed by atoms with E-state index < -0.39 is 0 Å². The van der Waals surface area contributed by atoms with Crippen molar-refractivity contribution in [2.45, 2.75) is 27.2 Å². The molecule has 22 heavy (non-hydrogen) atoms. The van der Waals surface area contributed by atoms with E-state index in [2.05, 4.69) is 41.5 Å². The molecule has 5 heteroatoms. The summed E-state index contributed by atoms with van der Waals surface area (Å²) < 4.78 is 5.81. The van der Waals surface area contributed by atoms with Crippen molar-refractivity contribution in [3.05, 3.63) is 28.8 Å². The van der Waals surface area contributed by atoms with E-state index in [9.17, 15) is 4.79 Å². The molecule has 0 bridgehead atoms. The van der Waals surface area contributed by atoms with Gasteiger partial charge in [0.2, 0.25) is 0 Å². The van der Waals surface area contributed by atoms with Crippen LogP contribution in [0.4, 0.5) is 4.79 Å². The van der Waals surface area contributed by atoms with E-state index in [4.69, 9.17) is 4.74 Å². The van der Waals surface area contributed by atoms with Gasteiger partial charge in [0.25, 0.3) is 0 Å². The van der Waals surface area contributed by atoms with Gasteiger partial charge in [0.15, 0.2) is 0 Å². The highest BCUT2D eigenvalue weighted by atomic mass is 16.5. The van der Waals surface area contributed by atoms with Crippen molar-refractivity contribution in [2.24, 2.45) is 0 Å². The van der Waals surface area contributed by atoms with Crippen molar-refractivity contribution < 1.29 is 9.53 Å². The Hall–Kier alpha value is -1.75. The molecule has 124 valence electrons. The smallest absolute Gasteiger partial charge is 0.314 e. The molecule has 2 N–H and O–H groups in total. The van der Waals surface area contributed by atoms with E-state index in [1.54, 1.807) is 0 Å². The standard InChI is InChI=1S/C17H29N3O2/c1-13-7-8-14(2)16(15(13)3)22-12-10-19-17(21)18-9-6-11-20(4)5/h7-8H,6,9-12H2,1-5H3,(H2,18,19,21). The Morgan fingerprint density at radius 2 is 1.73 bits per heavy atom. The molecule has 0 saturated carbocycles. The van der Waals surface area contributed by atoms with Crippen molar-refractivity contribution in [3.8, 4) is 5.75 Å². The zero-order valence-corrected chi connectivity index (χ0v) is 14.5. The number of carbonyl (C=O) groups is 1. The van der Waals surface area contributed by atoms with E-state index in [0.717, 1.165) is 29.8 Å². The highest BCUT2D eigenvalue weighted by Gasteiger charge is 2.06. The Morgan fingerprint density at radius 1 is 1.09 bits per heavy atom. The number of hydrogen-bond acceptors (Lipinski definition) is 3. The molecule has 0 atom stereocenters. The van der Waals surface area contributed by atoms with Gasteiger partial charge in [0.1, 0.15) is 12.4 Å². The number of nitrogens with zero attached hydrogens (tertiary/aromatic N) is 1. The van der Waals surface area contributed by atoms with Gasteiger partial charge in [-0.25, -0.2) is 4.79 Å². The molecule has 0 spiro atoms. The number of amides is 2. The first-order valence-electron chi connectivity index (χ1n) is 7.78. The predicted molar refractivity (Wildman–Crippen MR) is 90.7 cm³/mol. The van der Waals surface area contributed by atoms with E-state index in [0.29, 0.717) is 19.7 Å². The Bertz CT molecular complexity index is 487. The molecule has 1 aromatic carbocycles. The Kier molecular flexibility index (Phi) is 7.74. The quantitative estimate of drug-likeness (QED) is 0.724. The third kappa shape index (κ3) is 6.35. The molecule has 0 aliphatic carbocycles. The van der Waals surface area contributed by atoms with Crippen molar-refractivity contribution >= 4 is 6.03 Å². The maximum Gasteiger partial charge on any atom is 0.314 e. The number of aryl methyl sites for hydroxylation is 2. The van der Waals surface area contributed by atoms with Gasteiger partial charge in [-0.05, 0) is 64.5 Å². The maximum atomic E-state index is 11.6. The van der Waals surface area contributed by atoms with Crippen LogP contribution in [0.1, 0.15) is 23.1 Å². The van der Waals surface area contributed by atoms with Gasteiger partial charge in [0.05, 0.1) is 6.54 Å². The molecular weight excluding hydrogens is 278 g/mol. The van der Waals surface area contributed by atoms with E-state index in [1.165, 1.54) is 5.56 Å². The summed E-state index contributed by atoms with van der Waals surface area (Å²) in [5, 5.41) is 5.64.